The van der Waals surface area contributed by atoms with Gasteiger partial charge in [-0.2, -0.15) is 0 Å². The minimum Gasteiger partial charge on any atom is -0.507 e. The minimum absolute atomic E-state index is 0.000460. The molecule has 0 saturated carbocycles. The lowest BCUT2D eigenvalue weighted by Gasteiger charge is -2.37. The summed E-state index contributed by atoms with van der Waals surface area (Å²) in [5, 5.41) is 19.4. The highest BCUT2D eigenvalue weighted by molar-refractivity contribution is 5.99. The van der Waals surface area contributed by atoms with Crippen molar-refractivity contribution in [2.75, 3.05) is 26.2 Å². The van der Waals surface area contributed by atoms with Crippen LogP contribution in [0.4, 0.5) is 0 Å². The van der Waals surface area contributed by atoms with Crippen LogP contribution >= 0.6 is 0 Å². The van der Waals surface area contributed by atoms with Crippen LogP contribution in [0.5, 0.6) is 11.5 Å². The molecule has 1 aromatic carbocycles. The van der Waals surface area contributed by atoms with E-state index in [-0.39, 0.29) is 23.0 Å². The maximum Gasteiger partial charge on any atom is 0.261 e. The molecule has 1 heterocycles. The normalized spacial score (nSPS) is 16.9. The van der Waals surface area contributed by atoms with Crippen LogP contribution in [0.1, 0.15) is 24.2 Å². The highest BCUT2D eigenvalue weighted by atomic mass is 16.3. The molecule has 1 amide bonds. The van der Waals surface area contributed by atoms with Gasteiger partial charge in [0.1, 0.15) is 17.1 Å². The summed E-state index contributed by atoms with van der Waals surface area (Å²) in [4.78, 5) is 16.3. The Hall–Kier alpha value is -1.75. The predicted octanol–water partition coefficient (Wildman–Crippen LogP) is 1.26. The van der Waals surface area contributed by atoms with Crippen molar-refractivity contribution in [3.05, 3.63) is 23.8 Å². The number of rotatable bonds is 2. The van der Waals surface area contributed by atoms with E-state index in [1.54, 1.807) is 4.90 Å². The lowest BCUT2D eigenvalue weighted by molar-refractivity contribution is 0.0590. The van der Waals surface area contributed by atoms with Crippen LogP contribution in [0.15, 0.2) is 18.2 Å². The second kappa shape index (κ2) is 5.48. The zero-order chi connectivity index (χ0) is 14.0. The van der Waals surface area contributed by atoms with E-state index >= 15 is 0 Å². The lowest BCUT2D eigenvalue weighted by atomic mass is 10.1. The monoisotopic (exact) mass is 264 g/mol. The molecule has 0 bridgehead atoms. The SMILES string of the molecule is CC(C)N1CCN(C(=O)c2c(O)cccc2O)CC1. The van der Waals surface area contributed by atoms with Crippen LogP contribution in [-0.2, 0) is 0 Å². The van der Waals surface area contributed by atoms with Crippen LogP contribution in [0.3, 0.4) is 0 Å². The van der Waals surface area contributed by atoms with Crippen LogP contribution in [0.2, 0.25) is 0 Å². The van der Waals surface area contributed by atoms with Gasteiger partial charge in [-0.15, -0.1) is 0 Å². The summed E-state index contributed by atoms with van der Waals surface area (Å²) in [5.41, 5.74) is 0.000460. The van der Waals surface area contributed by atoms with Crippen LogP contribution in [0, 0.1) is 0 Å². The summed E-state index contributed by atoms with van der Waals surface area (Å²) >= 11 is 0. The Bertz CT molecular complexity index is 446. The molecule has 1 aliphatic rings. The molecule has 2 N–H and O–H groups in total. The summed E-state index contributed by atoms with van der Waals surface area (Å²) in [6, 6.07) is 4.81. The quantitative estimate of drug-likeness (QED) is 0.844. The van der Waals surface area contributed by atoms with Crippen molar-refractivity contribution in [3.8, 4) is 11.5 Å². The predicted molar refractivity (Wildman–Crippen MR) is 72.4 cm³/mol. The van der Waals surface area contributed by atoms with Gasteiger partial charge in [-0.1, -0.05) is 6.07 Å². The number of aromatic hydroxyl groups is 2. The zero-order valence-corrected chi connectivity index (χ0v) is 11.3. The third-order valence-corrected chi connectivity index (χ3v) is 3.57. The molecule has 1 aliphatic heterocycles. The van der Waals surface area contributed by atoms with Gasteiger partial charge >= 0.3 is 0 Å². The first-order valence-electron chi connectivity index (χ1n) is 6.55. The summed E-state index contributed by atoms with van der Waals surface area (Å²) in [5.74, 6) is -0.647. The van der Waals surface area contributed by atoms with Gasteiger partial charge < -0.3 is 15.1 Å². The van der Waals surface area contributed by atoms with E-state index in [2.05, 4.69) is 18.7 Å². The maximum atomic E-state index is 12.3. The second-order valence-corrected chi connectivity index (χ2v) is 5.09. The fraction of sp³-hybridized carbons (Fsp3) is 0.500. The van der Waals surface area contributed by atoms with Crippen LogP contribution in [-0.4, -0.2) is 58.1 Å². The molecule has 19 heavy (non-hydrogen) atoms. The van der Waals surface area contributed by atoms with Gasteiger partial charge in [0, 0.05) is 32.2 Å². The van der Waals surface area contributed by atoms with E-state index in [1.165, 1.54) is 18.2 Å². The number of amides is 1. The molecule has 0 atom stereocenters. The molecule has 1 fully saturated rings. The Morgan fingerprint density at radius 1 is 1.11 bits per heavy atom. The molecule has 2 rings (SSSR count). The van der Waals surface area contributed by atoms with Crippen molar-refractivity contribution in [1.82, 2.24) is 9.80 Å². The average Bonchev–Trinajstić information content (AvgIpc) is 2.38. The number of hydrogen-bond acceptors (Lipinski definition) is 4. The van der Waals surface area contributed by atoms with Crippen LogP contribution in [0.25, 0.3) is 0 Å². The highest BCUT2D eigenvalue weighted by Crippen LogP contribution is 2.28. The molecule has 0 spiro atoms. The number of carbonyl (C=O) groups excluding carboxylic acids is 1. The van der Waals surface area contributed by atoms with Crippen molar-refractivity contribution in [2.45, 2.75) is 19.9 Å². The van der Waals surface area contributed by atoms with Gasteiger partial charge in [-0.25, -0.2) is 0 Å². The molecule has 0 radical (unpaired) electrons. The summed E-state index contributed by atoms with van der Waals surface area (Å²) in [7, 11) is 0. The fourth-order valence-electron chi connectivity index (χ4n) is 2.35. The van der Waals surface area contributed by atoms with E-state index in [1.807, 2.05) is 0 Å². The number of phenols is 2. The molecule has 5 heteroatoms. The second-order valence-electron chi connectivity index (χ2n) is 5.09. The Morgan fingerprint density at radius 2 is 1.63 bits per heavy atom. The van der Waals surface area contributed by atoms with Gasteiger partial charge in [-0.3, -0.25) is 9.69 Å². The number of phenolic OH excluding ortho intramolecular Hbond substituents is 2. The summed E-state index contributed by atoms with van der Waals surface area (Å²) in [6.45, 7) is 7.13. The van der Waals surface area contributed by atoms with Gasteiger partial charge in [0.2, 0.25) is 0 Å². The number of benzene rings is 1. The van der Waals surface area contributed by atoms with Crippen LogP contribution < -0.4 is 0 Å². The topological polar surface area (TPSA) is 64.0 Å². The number of carbonyl (C=O) groups is 1. The molecule has 1 aromatic rings. The number of piperazine rings is 1. The van der Waals surface area contributed by atoms with Crippen molar-refractivity contribution in [2.24, 2.45) is 0 Å². The number of hydrogen-bond donors (Lipinski definition) is 2. The lowest BCUT2D eigenvalue weighted by Crippen LogP contribution is -2.50. The first-order chi connectivity index (χ1) is 9.00. The zero-order valence-electron chi connectivity index (χ0n) is 11.3. The first-order valence-corrected chi connectivity index (χ1v) is 6.55. The van der Waals surface area contributed by atoms with Crippen molar-refractivity contribution in [3.63, 3.8) is 0 Å². The molecule has 104 valence electrons. The largest absolute Gasteiger partial charge is 0.507 e. The van der Waals surface area contributed by atoms with Gasteiger partial charge in [0.25, 0.3) is 5.91 Å². The fourth-order valence-corrected chi connectivity index (χ4v) is 2.35. The Kier molecular flexibility index (Phi) is 3.95. The molecular weight excluding hydrogens is 244 g/mol. The third-order valence-electron chi connectivity index (χ3n) is 3.57. The molecule has 0 unspecified atom stereocenters. The van der Waals surface area contributed by atoms with E-state index in [0.29, 0.717) is 19.1 Å². The van der Waals surface area contributed by atoms with Crippen molar-refractivity contribution < 1.29 is 15.0 Å². The van der Waals surface area contributed by atoms with Crippen molar-refractivity contribution in [1.29, 1.82) is 0 Å². The van der Waals surface area contributed by atoms with Gasteiger partial charge in [-0.05, 0) is 26.0 Å². The number of nitrogens with zero attached hydrogens (tertiary/aromatic N) is 2. The molecule has 0 aromatic heterocycles. The average molecular weight is 264 g/mol. The van der Waals surface area contributed by atoms with E-state index in [9.17, 15) is 15.0 Å². The van der Waals surface area contributed by atoms with Gasteiger partial charge in [0.05, 0.1) is 0 Å². The van der Waals surface area contributed by atoms with E-state index in [4.69, 9.17) is 0 Å². The molecule has 1 saturated heterocycles. The van der Waals surface area contributed by atoms with E-state index < -0.39 is 0 Å². The highest BCUT2D eigenvalue weighted by Gasteiger charge is 2.26. The molecular formula is C14H20N2O3. The molecule has 5 nitrogen and oxygen atoms in total. The van der Waals surface area contributed by atoms with Gasteiger partial charge in [0.15, 0.2) is 0 Å². The smallest absolute Gasteiger partial charge is 0.261 e. The Balaban J connectivity index is 2.10. The summed E-state index contributed by atoms with van der Waals surface area (Å²) < 4.78 is 0. The maximum absolute atomic E-state index is 12.3. The standard InChI is InChI=1S/C14H20N2O3/c1-10(2)15-6-8-16(9-7-15)14(19)13-11(17)4-3-5-12(13)18/h3-5,10,17-18H,6-9H2,1-2H3. The van der Waals surface area contributed by atoms with Crippen molar-refractivity contribution >= 4 is 5.91 Å². The van der Waals surface area contributed by atoms with E-state index in [0.717, 1.165) is 13.1 Å². The Labute approximate surface area is 113 Å². The Morgan fingerprint density at radius 3 is 2.11 bits per heavy atom. The summed E-state index contributed by atoms with van der Waals surface area (Å²) in [6.07, 6.45) is 0. The first kappa shape index (κ1) is 13.7. The molecule has 0 aliphatic carbocycles. The third kappa shape index (κ3) is 2.81. The minimum atomic E-state index is -0.306.